The number of benzene rings is 6. The Morgan fingerprint density at radius 3 is 1.85 bits per heavy atom. The summed E-state index contributed by atoms with van der Waals surface area (Å²) >= 11 is 0. The van der Waals surface area contributed by atoms with E-state index >= 15 is 0 Å². The molecule has 10 aromatic rings. The maximum atomic E-state index is 5.80. The van der Waals surface area contributed by atoms with Crippen LogP contribution in [0.3, 0.4) is 0 Å². The van der Waals surface area contributed by atoms with Crippen LogP contribution in [0.4, 0.5) is 0 Å². The predicted molar refractivity (Wildman–Crippen MR) is 243 cm³/mol. The number of methoxy groups -OCH3 is 1. The molecule has 60 heavy (non-hydrogen) atoms. The maximum Gasteiger partial charge on any atom is 2.00 e. The molecule has 0 spiro atoms. The zero-order valence-electron chi connectivity index (χ0n) is 34.8. The van der Waals surface area contributed by atoms with E-state index in [0.717, 1.165) is 89.2 Å². The third-order valence-corrected chi connectivity index (χ3v) is 11.6. The van der Waals surface area contributed by atoms with E-state index in [4.69, 9.17) is 14.7 Å². The molecule has 0 unspecified atom stereocenters. The number of hydrogen-bond acceptors (Lipinski definition) is 3. The molecule has 7 heteroatoms. The first-order valence-electron chi connectivity index (χ1n) is 20.2. The maximum absolute atomic E-state index is 5.80. The molecular formula is C53H45N5OPt. The summed E-state index contributed by atoms with van der Waals surface area (Å²) in [5, 5.41) is 4.35. The molecule has 0 saturated carbocycles. The standard InChI is InChI=1S/C53H45N5O.Pt/c1-52(2,3)37-23-25-39(26-24-37)56-30-29-54-51(56)58-45-20-14-12-18-43(45)48-46(35-21-27-41(59-7)28-22-35)47-42-17-11-13-19-44(42)57(49(47)55-50(48)58)40-32-36(34-15-9-8-10-16-34)31-38(33-40)53(4,5)6;/h8-15,17-31,33H,1-7H3;/q-2;+2. The summed E-state index contributed by atoms with van der Waals surface area (Å²) in [6.45, 7) is 13.5. The molecule has 0 aliphatic rings. The molecule has 10 rings (SSSR count). The molecule has 4 heterocycles. The van der Waals surface area contributed by atoms with Crippen molar-refractivity contribution in [3.8, 4) is 45.3 Å². The molecule has 0 amide bonds. The fourth-order valence-electron chi connectivity index (χ4n) is 8.47. The molecule has 0 aliphatic carbocycles. The molecule has 0 N–H and O–H groups in total. The van der Waals surface area contributed by atoms with Crippen LogP contribution in [-0.2, 0) is 31.9 Å². The molecule has 0 bridgehead atoms. The van der Waals surface area contributed by atoms with Gasteiger partial charge in [0, 0.05) is 45.2 Å². The van der Waals surface area contributed by atoms with Crippen molar-refractivity contribution in [3.05, 3.63) is 169 Å². The van der Waals surface area contributed by atoms with Crippen LogP contribution in [0.1, 0.15) is 52.7 Å². The summed E-state index contributed by atoms with van der Waals surface area (Å²) in [7, 11) is 1.71. The van der Waals surface area contributed by atoms with Crippen LogP contribution >= 0.6 is 0 Å². The molecule has 0 radical (unpaired) electrons. The van der Waals surface area contributed by atoms with Gasteiger partial charge >= 0.3 is 21.1 Å². The summed E-state index contributed by atoms with van der Waals surface area (Å²) in [6.07, 6.45) is 3.92. The number of pyridine rings is 1. The molecule has 6 aromatic carbocycles. The number of ether oxygens (including phenoxy) is 1. The smallest absolute Gasteiger partial charge is 0.497 e. The van der Waals surface area contributed by atoms with Crippen LogP contribution in [0, 0.1) is 12.1 Å². The minimum atomic E-state index is -0.129. The largest absolute Gasteiger partial charge is 2.00 e. The Morgan fingerprint density at radius 1 is 0.617 bits per heavy atom. The van der Waals surface area contributed by atoms with Gasteiger partial charge in [-0.15, -0.1) is 17.7 Å². The Hall–Kier alpha value is -6.23. The molecular weight excluding hydrogens is 918 g/mol. The van der Waals surface area contributed by atoms with Crippen molar-refractivity contribution in [2.45, 2.75) is 52.4 Å². The average molecular weight is 963 g/mol. The van der Waals surface area contributed by atoms with E-state index in [-0.39, 0.29) is 31.9 Å². The zero-order valence-corrected chi connectivity index (χ0v) is 37.1. The summed E-state index contributed by atoms with van der Waals surface area (Å²) in [5.41, 5.74) is 12.2. The van der Waals surface area contributed by atoms with Crippen LogP contribution in [0.5, 0.6) is 5.75 Å². The third kappa shape index (κ3) is 6.46. The van der Waals surface area contributed by atoms with Crippen molar-refractivity contribution in [2.24, 2.45) is 0 Å². The SMILES string of the molecule is COc1ccc(-c2c3c4ccccc4n(-c4[c-]c(-c5[c-]cccc5)cc(C(C)(C)C)c4)c3nc3c2c2ccccc2n3-c2nccn2-c2ccc(C(C)(C)C)cc2)cc1.[Pt+2]. The van der Waals surface area contributed by atoms with Crippen LogP contribution in [0.15, 0.2) is 146 Å². The minimum Gasteiger partial charge on any atom is -0.497 e. The third-order valence-electron chi connectivity index (χ3n) is 11.6. The number of nitrogens with zero attached hydrogens (tertiary/aromatic N) is 5. The molecule has 4 aromatic heterocycles. The van der Waals surface area contributed by atoms with Crippen molar-refractivity contribution in [1.29, 1.82) is 0 Å². The van der Waals surface area contributed by atoms with Gasteiger partial charge in [-0.05, 0) is 64.0 Å². The Balaban J connectivity index is 0.00000462. The van der Waals surface area contributed by atoms with Crippen molar-refractivity contribution in [1.82, 2.24) is 23.7 Å². The minimum absolute atomic E-state index is 0. The van der Waals surface area contributed by atoms with Gasteiger partial charge in [0.05, 0.1) is 18.1 Å². The van der Waals surface area contributed by atoms with Gasteiger partial charge in [0.1, 0.15) is 11.4 Å². The normalized spacial score (nSPS) is 12.1. The second kappa shape index (κ2) is 14.8. The Morgan fingerprint density at radius 2 is 1.23 bits per heavy atom. The van der Waals surface area contributed by atoms with Crippen molar-refractivity contribution in [3.63, 3.8) is 0 Å². The first kappa shape index (κ1) is 39.2. The second-order valence-corrected chi connectivity index (χ2v) is 17.4. The zero-order chi connectivity index (χ0) is 40.6. The first-order chi connectivity index (χ1) is 28.5. The van der Waals surface area contributed by atoms with Crippen LogP contribution < -0.4 is 4.74 Å². The van der Waals surface area contributed by atoms with E-state index in [9.17, 15) is 0 Å². The topological polar surface area (TPSA) is 49.8 Å². The molecule has 6 nitrogen and oxygen atoms in total. The fraction of sp³-hybridized carbons (Fsp3) is 0.170. The van der Waals surface area contributed by atoms with Crippen LogP contribution in [-0.4, -0.2) is 30.8 Å². The van der Waals surface area contributed by atoms with Gasteiger partial charge in [-0.25, -0.2) is 21.1 Å². The van der Waals surface area contributed by atoms with E-state index in [2.05, 4.69) is 177 Å². The summed E-state index contributed by atoms with van der Waals surface area (Å²) < 4.78 is 12.4. The van der Waals surface area contributed by atoms with Gasteiger partial charge < -0.3 is 9.30 Å². The molecule has 0 saturated heterocycles. The number of rotatable bonds is 6. The summed E-state index contributed by atoms with van der Waals surface area (Å²) in [6, 6.07) is 54.5. The summed E-state index contributed by atoms with van der Waals surface area (Å²) in [5.74, 6) is 1.57. The van der Waals surface area contributed by atoms with Crippen molar-refractivity contribution < 1.29 is 25.8 Å². The quantitative estimate of drug-likeness (QED) is 0.156. The average Bonchev–Trinajstić information content (AvgIpc) is 3.95. The summed E-state index contributed by atoms with van der Waals surface area (Å²) in [4.78, 5) is 10.9. The molecule has 0 fully saturated rings. The predicted octanol–water partition coefficient (Wildman–Crippen LogP) is 13.0. The van der Waals surface area contributed by atoms with Gasteiger partial charge in [0.2, 0.25) is 5.95 Å². The van der Waals surface area contributed by atoms with Gasteiger partial charge in [0.25, 0.3) is 0 Å². The van der Waals surface area contributed by atoms with Crippen molar-refractivity contribution in [2.75, 3.05) is 7.11 Å². The Bertz CT molecular complexity index is 3190. The molecule has 298 valence electrons. The fourth-order valence-corrected chi connectivity index (χ4v) is 8.47. The molecule has 0 atom stereocenters. The molecule has 0 aliphatic heterocycles. The van der Waals surface area contributed by atoms with Crippen LogP contribution in [0.2, 0.25) is 0 Å². The van der Waals surface area contributed by atoms with E-state index in [1.165, 1.54) is 11.1 Å². The van der Waals surface area contributed by atoms with Gasteiger partial charge in [-0.3, -0.25) is 9.13 Å². The van der Waals surface area contributed by atoms with E-state index < -0.39 is 0 Å². The number of imidazole rings is 1. The van der Waals surface area contributed by atoms with E-state index in [1.807, 2.05) is 36.7 Å². The van der Waals surface area contributed by atoms with Gasteiger partial charge in [-0.2, -0.15) is 36.4 Å². The monoisotopic (exact) mass is 962 g/mol. The number of para-hydroxylation sites is 2. The van der Waals surface area contributed by atoms with Crippen molar-refractivity contribution >= 4 is 43.9 Å². The van der Waals surface area contributed by atoms with Crippen LogP contribution in [0.25, 0.3) is 83.4 Å². The van der Waals surface area contributed by atoms with E-state index in [1.54, 1.807) is 7.11 Å². The Kier molecular flexibility index (Phi) is 9.68. The number of hydrogen-bond donors (Lipinski definition) is 0. The number of aromatic nitrogens is 5. The van der Waals surface area contributed by atoms with E-state index in [0.29, 0.717) is 0 Å². The van der Waals surface area contributed by atoms with Gasteiger partial charge in [0.15, 0.2) is 5.65 Å². The number of fused-ring (bicyclic) bond motifs is 6. The van der Waals surface area contributed by atoms with Gasteiger partial charge in [-0.1, -0.05) is 102 Å². The second-order valence-electron chi connectivity index (χ2n) is 17.4. The first-order valence-corrected chi connectivity index (χ1v) is 20.2. The Labute approximate surface area is 365 Å².